The van der Waals surface area contributed by atoms with Gasteiger partial charge in [-0.15, -0.1) is 13.2 Å². The highest BCUT2D eigenvalue weighted by molar-refractivity contribution is 9.10. The molecule has 0 spiro atoms. The summed E-state index contributed by atoms with van der Waals surface area (Å²) in [6.45, 7) is 11.1. The lowest BCUT2D eigenvalue weighted by Crippen LogP contribution is -2.37. The van der Waals surface area contributed by atoms with Gasteiger partial charge >= 0.3 is 0 Å². The topological polar surface area (TPSA) is 49.8 Å². The summed E-state index contributed by atoms with van der Waals surface area (Å²) in [5, 5.41) is 9.87. The molecule has 6 heteroatoms. The predicted octanol–water partition coefficient (Wildman–Crippen LogP) is 4.57. The third-order valence-corrected chi connectivity index (χ3v) is 4.39. The molecule has 0 radical (unpaired) electrons. The molecule has 0 bridgehead atoms. The van der Waals surface area contributed by atoms with E-state index in [0.717, 1.165) is 4.47 Å². The molecule has 1 rings (SSSR count). The lowest BCUT2D eigenvalue weighted by molar-refractivity contribution is -0.206. The molecule has 0 aliphatic heterocycles. The van der Waals surface area contributed by atoms with E-state index in [2.05, 4.69) is 29.1 Å². The number of aliphatic hydroxyl groups is 1. The maximum absolute atomic E-state index is 13.5. The van der Waals surface area contributed by atoms with Crippen molar-refractivity contribution >= 4 is 21.8 Å². The molecule has 1 amide bonds. The second kappa shape index (κ2) is 10.6. The normalized spacial score (nSPS) is 12.5. The summed E-state index contributed by atoms with van der Waals surface area (Å²) >= 11 is 3.40. The van der Waals surface area contributed by atoms with Gasteiger partial charge in [0, 0.05) is 17.6 Å². The van der Waals surface area contributed by atoms with Crippen molar-refractivity contribution in [3.05, 3.63) is 59.4 Å². The van der Waals surface area contributed by atoms with E-state index in [0.29, 0.717) is 24.9 Å². The molecule has 0 fully saturated rings. The SMILES string of the molecule is C=CCCN(Cc1cc(F)ccc1Br)C(=O)CC(CC=C)OC(C)(C)O. The number of halogens is 2. The molecule has 0 aliphatic carbocycles. The third kappa shape index (κ3) is 8.25. The summed E-state index contributed by atoms with van der Waals surface area (Å²) in [6, 6.07) is 4.40. The molecule has 1 unspecified atom stereocenters. The fourth-order valence-corrected chi connectivity index (χ4v) is 2.87. The third-order valence-electron chi connectivity index (χ3n) is 3.61. The van der Waals surface area contributed by atoms with Crippen molar-refractivity contribution in [3.63, 3.8) is 0 Å². The first-order valence-electron chi connectivity index (χ1n) is 8.50. The maximum atomic E-state index is 13.5. The van der Waals surface area contributed by atoms with E-state index in [1.54, 1.807) is 23.1 Å². The molecule has 1 N–H and O–H groups in total. The number of amides is 1. The van der Waals surface area contributed by atoms with Crippen molar-refractivity contribution in [2.24, 2.45) is 0 Å². The highest BCUT2D eigenvalue weighted by Crippen LogP contribution is 2.21. The Morgan fingerprint density at radius 3 is 2.69 bits per heavy atom. The van der Waals surface area contributed by atoms with E-state index in [9.17, 15) is 14.3 Å². The van der Waals surface area contributed by atoms with Crippen molar-refractivity contribution in [2.75, 3.05) is 6.54 Å². The van der Waals surface area contributed by atoms with Gasteiger partial charge in [0.1, 0.15) is 5.82 Å². The lowest BCUT2D eigenvalue weighted by Gasteiger charge is -2.28. The minimum atomic E-state index is -1.34. The smallest absolute Gasteiger partial charge is 0.225 e. The molecule has 1 atom stereocenters. The number of hydrogen-bond donors (Lipinski definition) is 1. The number of rotatable bonds is 11. The number of nitrogens with zero attached hydrogens (tertiary/aromatic N) is 1. The van der Waals surface area contributed by atoms with E-state index < -0.39 is 11.9 Å². The van der Waals surface area contributed by atoms with Crippen LogP contribution in [0.4, 0.5) is 4.39 Å². The average Bonchev–Trinajstić information content (AvgIpc) is 2.53. The molecule has 0 aliphatic rings. The molecule has 144 valence electrons. The van der Waals surface area contributed by atoms with Crippen molar-refractivity contribution < 1.29 is 19.0 Å². The molecule has 0 heterocycles. The molecule has 0 saturated heterocycles. The first kappa shape index (κ1) is 22.5. The highest BCUT2D eigenvalue weighted by atomic mass is 79.9. The van der Waals surface area contributed by atoms with Crippen LogP contribution in [0.15, 0.2) is 48.0 Å². The van der Waals surface area contributed by atoms with E-state index in [1.165, 1.54) is 26.0 Å². The van der Waals surface area contributed by atoms with Gasteiger partial charge in [0.15, 0.2) is 5.79 Å². The minimum Gasteiger partial charge on any atom is -0.366 e. The van der Waals surface area contributed by atoms with Gasteiger partial charge in [-0.2, -0.15) is 0 Å². The van der Waals surface area contributed by atoms with Gasteiger partial charge < -0.3 is 14.7 Å². The van der Waals surface area contributed by atoms with Crippen LogP contribution in [0.2, 0.25) is 0 Å². The number of ether oxygens (including phenoxy) is 1. The second-order valence-corrected chi connectivity index (χ2v) is 7.40. The van der Waals surface area contributed by atoms with Crippen molar-refractivity contribution in [2.45, 2.75) is 51.5 Å². The molecule has 1 aromatic carbocycles. The standard InChI is InChI=1S/C20H27BrFNO3/c1-5-7-11-23(14-15-12-16(22)9-10-18(15)21)19(24)13-17(8-6-2)26-20(3,4)25/h5-6,9-10,12,17,25H,1-2,7-8,11,13-14H2,3-4H3. The van der Waals surface area contributed by atoms with Crippen LogP contribution in [0.25, 0.3) is 0 Å². The van der Waals surface area contributed by atoms with E-state index >= 15 is 0 Å². The second-order valence-electron chi connectivity index (χ2n) is 6.54. The largest absolute Gasteiger partial charge is 0.366 e. The van der Waals surface area contributed by atoms with Crippen LogP contribution < -0.4 is 0 Å². The zero-order valence-corrected chi connectivity index (χ0v) is 17.0. The van der Waals surface area contributed by atoms with Crippen LogP contribution in [0, 0.1) is 5.82 Å². The molecular weight excluding hydrogens is 401 g/mol. The Labute approximate surface area is 163 Å². The van der Waals surface area contributed by atoms with Crippen LogP contribution in [0.1, 0.15) is 38.7 Å². The van der Waals surface area contributed by atoms with Crippen molar-refractivity contribution in [3.8, 4) is 0 Å². The Kier molecular flexibility index (Phi) is 9.19. The fraction of sp³-hybridized carbons (Fsp3) is 0.450. The Morgan fingerprint density at radius 1 is 1.42 bits per heavy atom. The Hall–Kier alpha value is -1.50. The molecule has 26 heavy (non-hydrogen) atoms. The van der Waals surface area contributed by atoms with Crippen LogP contribution in [0.3, 0.4) is 0 Å². The van der Waals surface area contributed by atoms with Crippen LogP contribution in [0.5, 0.6) is 0 Å². The monoisotopic (exact) mass is 427 g/mol. The molecule has 1 aromatic rings. The van der Waals surface area contributed by atoms with Crippen LogP contribution >= 0.6 is 15.9 Å². The van der Waals surface area contributed by atoms with E-state index in [4.69, 9.17) is 4.74 Å². The maximum Gasteiger partial charge on any atom is 0.225 e. The van der Waals surface area contributed by atoms with Crippen molar-refractivity contribution in [1.29, 1.82) is 0 Å². The van der Waals surface area contributed by atoms with Gasteiger partial charge in [0.25, 0.3) is 0 Å². The molecule has 0 aromatic heterocycles. The fourth-order valence-electron chi connectivity index (χ4n) is 2.50. The van der Waals surface area contributed by atoms with Crippen molar-refractivity contribution in [1.82, 2.24) is 4.90 Å². The summed E-state index contributed by atoms with van der Waals surface area (Å²) in [6.07, 6.45) is 4.06. The number of hydrogen-bond acceptors (Lipinski definition) is 3. The van der Waals surface area contributed by atoms with Gasteiger partial charge in [-0.25, -0.2) is 4.39 Å². The van der Waals surface area contributed by atoms with Gasteiger partial charge in [0.2, 0.25) is 5.91 Å². The highest BCUT2D eigenvalue weighted by Gasteiger charge is 2.24. The van der Waals surface area contributed by atoms with Gasteiger partial charge in [-0.1, -0.05) is 28.1 Å². The minimum absolute atomic E-state index is 0.0973. The number of carbonyl (C=O) groups excluding carboxylic acids is 1. The first-order chi connectivity index (χ1) is 12.2. The summed E-state index contributed by atoms with van der Waals surface area (Å²) in [5.74, 6) is -1.83. The molecule has 4 nitrogen and oxygen atoms in total. The Morgan fingerprint density at radius 2 is 2.12 bits per heavy atom. The number of carbonyl (C=O) groups is 1. The summed E-state index contributed by atoms with van der Waals surface area (Å²) in [7, 11) is 0. The first-order valence-corrected chi connectivity index (χ1v) is 9.29. The van der Waals surface area contributed by atoms with Crippen LogP contribution in [-0.4, -0.2) is 34.3 Å². The number of benzene rings is 1. The summed E-state index contributed by atoms with van der Waals surface area (Å²) in [5.41, 5.74) is 0.686. The zero-order chi connectivity index (χ0) is 19.7. The molecule has 0 saturated carbocycles. The average molecular weight is 428 g/mol. The van der Waals surface area contributed by atoms with E-state index in [-0.39, 0.29) is 24.7 Å². The van der Waals surface area contributed by atoms with Gasteiger partial charge in [0.05, 0.1) is 12.5 Å². The Balaban J connectivity index is 2.91. The zero-order valence-electron chi connectivity index (χ0n) is 15.4. The summed E-state index contributed by atoms with van der Waals surface area (Å²) in [4.78, 5) is 14.5. The Bertz CT molecular complexity index is 628. The van der Waals surface area contributed by atoms with Gasteiger partial charge in [-0.3, -0.25) is 4.79 Å². The van der Waals surface area contributed by atoms with E-state index in [1.807, 2.05) is 0 Å². The summed E-state index contributed by atoms with van der Waals surface area (Å²) < 4.78 is 19.8. The quantitative estimate of drug-likeness (QED) is 0.415. The lowest BCUT2D eigenvalue weighted by atomic mass is 10.1. The van der Waals surface area contributed by atoms with Crippen LogP contribution in [-0.2, 0) is 16.1 Å². The van der Waals surface area contributed by atoms with Gasteiger partial charge in [-0.05, 0) is 50.5 Å². The predicted molar refractivity (Wildman–Crippen MR) is 105 cm³/mol. The molecular formula is C20H27BrFNO3.